The van der Waals surface area contributed by atoms with Crippen LogP contribution in [-0.2, 0) is 0 Å². The molecule has 3 rings (SSSR count). The molecule has 1 fully saturated rings. The van der Waals surface area contributed by atoms with Crippen molar-refractivity contribution in [3.63, 3.8) is 0 Å². The zero-order valence-corrected chi connectivity index (χ0v) is 13.8. The number of nitrogens with zero attached hydrogens (tertiary/aromatic N) is 3. The number of piperazine rings is 1. The van der Waals surface area contributed by atoms with Gasteiger partial charge in [-0.25, -0.2) is 4.98 Å². The van der Waals surface area contributed by atoms with E-state index >= 15 is 0 Å². The molecule has 23 heavy (non-hydrogen) atoms. The predicted molar refractivity (Wildman–Crippen MR) is 93.4 cm³/mol. The minimum absolute atomic E-state index is 0.184. The lowest BCUT2D eigenvalue weighted by molar-refractivity contribution is 0.102. The van der Waals surface area contributed by atoms with Crippen molar-refractivity contribution in [3.05, 3.63) is 53.3 Å². The molecule has 0 saturated carbocycles. The Kier molecular flexibility index (Phi) is 4.79. The number of benzene rings is 1. The number of carbonyl (C=O) groups is 1. The smallest absolute Gasteiger partial charge is 0.257 e. The molecule has 2 aromatic rings. The van der Waals surface area contributed by atoms with Crippen molar-refractivity contribution in [1.29, 1.82) is 0 Å². The normalized spacial score (nSPS) is 15.5. The Bertz CT molecular complexity index is 681. The Morgan fingerprint density at radius 2 is 1.87 bits per heavy atom. The highest BCUT2D eigenvalue weighted by Gasteiger charge is 2.18. The third-order valence-electron chi connectivity index (χ3n) is 3.99. The summed E-state index contributed by atoms with van der Waals surface area (Å²) in [6.45, 7) is 3.94. The largest absolute Gasteiger partial charge is 0.367 e. The minimum atomic E-state index is -0.184. The van der Waals surface area contributed by atoms with Crippen molar-refractivity contribution in [3.8, 4) is 0 Å². The molecule has 0 aliphatic carbocycles. The molecule has 0 atom stereocenters. The first-order chi connectivity index (χ1) is 11.1. The summed E-state index contributed by atoms with van der Waals surface area (Å²) in [5.41, 5.74) is 2.36. The van der Waals surface area contributed by atoms with Crippen LogP contribution in [0.2, 0.25) is 5.15 Å². The van der Waals surface area contributed by atoms with E-state index in [0.717, 1.165) is 37.6 Å². The van der Waals surface area contributed by atoms with Gasteiger partial charge in [-0.1, -0.05) is 23.7 Å². The van der Waals surface area contributed by atoms with Crippen molar-refractivity contribution in [2.45, 2.75) is 0 Å². The fourth-order valence-electron chi connectivity index (χ4n) is 2.61. The number of hydrogen-bond donors (Lipinski definition) is 1. The molecule has 0 spiro atoms. The van der Waals surface area contributed by atoms with Crippen molar-refractivity contribution in [1.82, 2.24) is 9.88 Å². The first-order valence-electron chi connectivity index (χ1n) is 7.59. The number of halogens is 1. The lowest BCUT2D eigenvalue weighted by atomic mass is 10.2. The lowest BCUT2D eigenvalue weighted by Gasteiger charge is -2.35. The first kappa shape index (κ1) is 15.8. The van der Waals surface area contributed by atoms with Gasteiger partial charge in [0.2, 0.25) is 0 Å². The molecule has 0 bridgehead atoms. The summed E-state index contributed by atoms with van der Waals surface area (Å²) < 4.78 is 0. The van der Waals surface area contributed by atoms with Gasteiger partial charge in [0.1, 0.15) is 5.15 Å². The van der Waals surface area contributed by atoms with Gasteiger partial charge in [-0.05, 0) is 31.3 Å². The van der Waals surface area contributed by atoms with Crippen molar-refractivity contribution >= 4 is 28.9 Å². The molecule has 0 radical (unpaired) electrons. The van der Waals surface area contributed by atoms with Crippen LogP contribution >= 0.6 is 11.6 Å². The average Bonchev–Trinajstić information content (AvgIpc) is 2.57. The maximum atomic E-state index is 12.4. The molecule has 1 amide bonds. The summed E-state index contributed by atoms with van der Waals surface area (Å²) in [6.07, 6.45) is 1.48. The monoisotopic (exact) mass is 330 g/mol. The third kappa shape index (κ3) is 3.81. The average molecular weight is 331 g/mol. The van der Waals surface area contributed by atoms with E-state index in [-0.39, 0.29) is 5.91 Å². The number of para-hydroxylation sites is 2. The van der Waals surface area contributed by atoms with E-state index in [1.165, 1.54) is 6.20 Å². The maximum absolute atomic E-state index is 12.4. The first-order valence-corrected chi connectivity index (χ1v) is 7.97. The van der Waals surface area contributed by atoms with E-state index in [2.05, 4.69) is 27.1 Å². The highest BCUT2D eigenvalue weighted by Crippen LogP contribution is 2.27. The number of anilines is 2. The van der Waals surface area contributed by atoms with E-state index in [4.69, 9.17) is 11.6 Å². The van der Waals surface area contributed by atoms with Crippen LogP contribution in [0.1, 0.15) is 10.4 Å². The number of rotatable bonds is 3. The summed E-state index contributed by atoms with van der Waals surface area (Å²) >= 11 is 5.76. The summed E-state index contributed by atoms with van der Waals surface area (Å²) in [7, 11) is 2.12. The standard InChI is InChI=1S/C17H19ClN4O/c1-21-8-10-22(11-9-21)15-5-3-2-4-14(15)20-17(23)13-6-7-16(18)19-12-13/h2-7,12H,8-11H2,1H3,(H,20,23). The number of aromatic nitrogens is 1. The van der Waals surface area contributed by atoms with Gasteiger partial charge in [-0.2, -0.15) is 0 Å². The van der Waals surface area contributed by atoms with Crippen LogP contribution in [0.3, 0.4) is 0 Å². The maximum Gasteiger partial charge on any atom is 0.257 e. The Balaban J connectivity index is 1.77. The van der Waals surface area contributed by atoms with Crippen molar-refractivity contribution in [2.24, 2.45) is 0 Å². The molecular formula is C17H19ClN4O. The number of amides is 1. The van der Waals surface area contributed by atoms with E-state index in [9.17, 15) is 4.79 Å². The van der Waals surface area contributed by atoms with Crippen LogP contribution in [0.4, 0.5) is 11.4 Å². The third-order valence-corrected chi connectivity index (χ3v) is 4.21. The van der Waals surface area contributed by atoms with E-state index in [0.29, 0.717) is 10.7 Å². The number of pyridine rings is 1. The number of likely N-dealkylation sites (N-methyl/N-ethyl adjacent to an activating group) is 1. The molecule has 1 aliphatic rings. The summed E-state index contributed by atoms with van der Waals surface area (Å²) in [4.78, 5) is 20.9. The Hall–Kier alpha value is -2.11. The zero-order chi connectivity index (χ0) is 16.2. The molecule has 1 aromatic heterocycles. The Morgan fingerprint density at radius 3 is 2.57 bits per heavy atom. The number of hydrogen-bond acceptors (Lipinski definition) is 4. The van der Waals surface area contributed by atoms with Gasteiger partial charge in [0.05, 0.1) is 16.9 Å². The molecule has 5 nitrogen and oxygen atoms in total. The summed E-state index contributed by atoms with van der Waals surface area (Å²) in [5, 5.41) is 3.35. The summed E-state index contributed by atoms with van der Waals surface area (Å²) in [6, 6.07) is 11.2. The SMILES string of the molecule is CN1CCN(c2ccccc2NC(=O)c2ccc(Cl)nc2)CC1. The van der Waals surface area contributed by atoms with Crippen LogP contribution in [0.15, 0.2) is 42.6 Å². The van der Waals surface area contributed by atoms with Gasteiger partial charge >= 0.3 is 0 Å². The van der Waals surface area contributed by atoms with Crippen molar-refractivity contribution in [2.75, 3.05) is 43.4 Å². The van der Waals surface area contributed by atoms with E-state index < -0.39 is 0 Å². The molecule has 1 saturated heterocycles. The molecule has 1 N–H and O–H groups in total. The highest BCUT2D eigenvalue weighted by molar-refractivity contribution is 6.29. The minimum Gasteiger partial charge on any atom is -0.367 e. The van der Waals surface area contributed by atoms with Crippen LogP contribution in [0.5, 0.6) is 0 Å². The molecule has 1 aromatic carbocycles. The van der Waals surface area contributed by atoms with Crippen LogP contribution in [0, 0.1) is 0 Å². The second-order valence-electron chi connectivity index (χ2n) is 5.63. The van der Waals surface area contributed by atoms with Gasteiger partial charge in [0.25, 0.3) is 5.91 Å². The summed E-state index contributed by atoms with van der Waals surface area (Å²) in [5.74, 6) is -0.184. The highest BCUT2D eigenvalue weighted by atomic mass is 35.5. The van der Waals surface area contributed by atoms with Gasteiger partial charge in [0.15, 0.2) is 0 Å². The Morgan fingerprint density at radius 1 is 1.13 bits per heavy atom. The molecule has 1 aliphatic heterocycles. The molecule has 0 unspecified atom stereocenters. The number of nitrogens with one attached hydrogen (secondary N) is 1. The van der Waals surface area contributed by atoms with Crippen LogP contribution < -0.4 is 10.2 Å². The van der Waals surface area contributed by atoms with Gasteiger partial charge in [-0.3, -0.25) is 4.79 Å². The molecule has 2 heterocycles. The van der Waals surface area contributed by atoms with E-state index in [1.54, 1.807) is 12.1 Å². The topological polar surface area (TPSA) is 48.5 Å². The second kappa shape index (κ2) is 6.98. The second-order valence-corrected chi connectivity index (χ2v) is 6.02. The van der Waals surface area contributed by atoms with Gasteiger partial charge in [0, 0.05) is 32.4 Å². The van der Waals surface area contributed by atoms with Gasteiger partial charge < -0.3 is 15.1 Å². The zero-order valence-electron chi connectivity index (χ0n) is 13.0. The van der Waals surface area contributed by atoms with Crippen molar-refractivity contribution < 1.29 is 4.79 Å². The molecule has 6 heteroatoms. The van der Waals surface area contributed by atoms with Gasteiger partial charge in [-0.15, -0.1) is 0 Å². The fourth-order valence-corrected chi connectivity index (χ4v) is 2.72. The number of carbonyl (C=O) groups excluding carboxylic acids is 1. The quantitative estimate of drug-likeness (QED) is 0.879. The van der Waals surface area contributed by atoms with Crippen LogP contribution in [0.25, 0.3) is 0 Å². The predicted octanol–water partition coefficient (Wildman–Crippen LogP) is 2.74. The Labute approximate surface area is 140 Å². The molecule has 120 valence electrons. The van der Waals surface area contributed by atoms with E-state index in [1.807, 2.05) is 24.3 Å². The van der Waals surface area contributed by atoms with Crippen LogP contribution in [-0.4, -0.2) is 49.0 Å². The molecular weight excluding hydrogens is 312 g/mol. The fraction of sp³-hybridized carbons (Fsp3) is 0.294. The lowest BCUT2D eigenvalue weighted by Crippen LogP contribution is -2.44.